The van der Waals surface area contributed by atoms with E-state index >= 15 is 0 Å². The molecular formula is C47H52N4O. The van der Waals surface area contributed by atoms with Crippen molar-refractivity contribution in [1.29, 1.82) is 0 Å². The lowest BCUT2D eigenvalue weighted by Crippen LogP contribution is -2.05. The van der Waals surface area contributed by atoms with E-state index in [1.165, 1.54) is 88.2 Å². The van der Waals surface area contributed by atoms with Crippen molar-refractivity contribution in [2.45, 2.75) is 118 Å². The lowest BCUT2D eigenvalue weighted by Gasteiger charge is -2.16. The molecule has 0 radical (unpaired) electrons. The van der Waals surface area contributed by atoms with Gasteiger partial charge in [0, 0.05) is 33.4 Å². The molecule has 0 saturated carbocycles. The maximum absolute atomic E-state index is 13.4. The van der Waals surface area contributed by atoms with Crippen LogP contribution in [0.15, 0.2) is 72.8 Å². The molecule has 7 rings (SSSR count). The van der Waals surface area contributed by atoms with Crippen LogP contribution in [0.4, 0.5) is 0 Å². The first-order chi connectivity index (χ1) is 25.5. The molecule has 1 aliphatic carbocycles. The molecule has 4 aromatic carbocycles. The number of aromatic nitrogens is 4. The van der Waals surface area contributed by atoms with Gasteiger partial charge in [-0.05, 0) is 50.7 Å². The summed E-state index contributed by atoms with van der Waals surface area (Å²) in [5, 5.41) is 0. The van der Waals surface area contributed by atoms with Crippen LogP contribution in [0.3, 0.4) is 0 Å². The van der Waals surface area contributed by atoms with Crippen LogP contribution < -0.4 is 0 Å². The highest BCUT2D eigenvalue weighted by Gasteiger charge is 2.31. The standard InChI is InChI=1S/C47H52N4O/c1-5-7-9-11-13-15-19-33-23-27-35(28-24-33)43-44(36-29-25-34(26-30-36)20-16-14-12-10-8-6-2)49-40-32(4)42-41(31(3)39(40)48-43)50-45-37-21-17-18-22-38(37)47(52)46(45)51-42/h17-18,21-30H,5-16,19-20H2,1-4H3. The number of fused-ring (bicyclic) bond motifs is 5. The number of carbonyl (C=O) groups excluding carboxylic acids is 1. The molecule has 0 N–H and O–H groups in total. The highest BCUT2D eigenvalue weighted by atomic mass is 16.1. The summed E-state index contributed by atoms with van der Waals surface area (Å²) in [5.41, 5.74) is 14.1. The van der Waals surface area contributed by atoms with Gasteiger partial charge in [0.25, 0.3) is 0 Å². The Morgan fingerprint density at radius 3 is 1.27 bits per heavy atom. The van der Waals surface area contributed by atoms with Gasteiger partial charge in [-0.3, -0.25) is 4.79 Å². The second-order valence-electron chi connectivity index (χ2n) is 14.8. The van der Waals surface area contributed by atoms with E-state index in [0.29, 0.717) is 22.5 Å². The minimum absolute atomic E-state index is 0.0692. The molecule has 52 heavy (non-hydrogen) atoms. The summed E-state index contributed by atoms with van der Waals surface area (Å²) in [6, 6.07) is 25.6. The number of carbonyl (C=O) groups is 1. The molecule has 0 bridgehead atoms. The van der Waals surface area contributed by atoms with Crippen molar-refractivity contribution in [1.82, 2.24) is 19.9 Å². The van der Waals surface area contributed by atoms with Crippen LogP contribution in [0.1, 0.15) is 129 Å². The molecule has 6 aromatic rings. The average molecular weight is 689 g/mol. The maximum Gasteiger partial charge on any atom is 0.214 e. The zero-order chi connectivity index (χ0) is 36.0. The molecule has 2 heterocycles. The van der Waals surface area contributed by atoms with E-state index in [0.717, 1.165) is 68.6 Å². The number of rotatable bonds is 16. The molecule has 1 aliphatic rings. The third-order valence-corrected chi connectivity index (χ3v) is 10.9. The summed E-state index contributed by atoms with van der Waals surface area (Å²) in [6.45, 7) is 8.64. The van der Waals surface area contributed by atoms with Crippen LogP contribution in [0.2, 0.25) is 0 Å². The van der Waals surface area contributed by atoms with Gasteiger partial charge < -0.3 is 0 Å². The molecule has 5 nitrogen and oxygen atoms in total. The van der Waals surface area contributed by atoms with E-state index in [9.17, 15) is 4.79 Å². The van der Waals surface area contributed by atoms with Gasteiger partial charge in [-0.2, -0.15) is 0 Å². The molecule has 0 amide bonds. The quantitative estimate of drug-likeness (QED) is 0.0746. The van der Waals surface area contributed by atoms with E-state index in [2.05, 4.69) is 69.3 Å². The third-order valence-electron chi connectivity index (χ3n) is 10.9. The minimum Gasteiger partial charge on any atom is -0.287 e. The first-order valence-electron chi connectivity index (χ1n) is 19.8. The van der Waals surface area contributed by atoms with E-state index in [-0.39, 0.29) is 5.78 Å². The lowest BCUT2D eigenvalue weighted by atomic mass is 9.98. The summed E-state index contributed by atoms with van der Waals surface area (Å²) in [6.07, 6.45) is 17.8. The summed E-state index contributed by atoms with van der Waals surface area (Å²) in [5.74, 6) is -0.0692. The van der Waals surface area contributed by atoms with Crippen LogP contribution in [0.25, 0.3) is 55.8 Å². The number of hydrogen-bond acceptors (Lipinski definition) is 5. The van der Waals surface area contributed by atoms with Crippen LogP contribution in [0, 0.1) is 13.8 Å². The van der Waals surface area contributed by atoms with Crippen molar-refractivity contribution in [3.8, 4) is 33.8 Å². The fourth-order valence-electron chi connectivity index (χ4n) is 7.78. The zero-order valence-electron chi connectivity index (χ0n) is 31.5. The van der Waals surface area contributed by atoms with Crippen molar-refractivity contribution in [3.63, 3.8) is 0 Å². The minimum atomic E-state index is -0.0692. The predicted octanol–water partition coefficient (Wildman–Crippen LogP) is 12.5. The highest BCUT2D eigenvalue weighted by Crippen LogP contribution is 2.39. The molecule has 266 valence electrons. The summed E-state index contributed by atoms with van der Waals surface area (Å²) in [4.78, 5) is 34.3. The SMILES string of the molecule is CCCCCCCCc1ccc(-c2nc3c(C)c4nc5c(nc4c(C)c3nc2-c2ccc(CCCCCCCC)cc2)-c2ccccc2C5=O)cc1. The Morgan fingerprint density at radius 2 is 0.808 bits per heavy atom. The van der Waals surface area contributed by atoms with Crippen LogP contribution in [-0.4, -0.2) is 25.7 Å². The van der Waals surface area contributed by atoms with E-state index in [4.69, 9.17) is 19.9 Å². The van der Waals surface area contributed by atoms with E-state index in [1.807, 2.05) is 31.2 Å². The maximum atomic E-state index is 13.4. The Balaban J connectivity index is 1.27. The largest absolute Gasteiger partial charge is 0.287 e. The average Bonchev–Trinajstić information content (AvgIpc) is 3.46. The van der Waals surface area contributed by atoms with Crippen molar-refractivity contribution in [3.05, 3.63) is 106 Å². The third kappa shape index (κ3) is 7.28. The monoisotopic (exact) mass is 688 g/mol. The van der Waals surface area contributed by atoms with Crippen LogP contribution >= 0.6 is 0 Å². The first-order valence-corrected chi connectivity index (χ1v) is 19.8. The van der Waals surface area contributed by atoms with E-state index < -0.39 is 0 Å². The van der Waals surface area contributed by atoms with E-state index in [1.54, 1.807) is 0 Å². The molecule has 0 spiro atoms. The Kier molecular flexibility index (Phi) is 11.1. The molecule has 5 heteroatoms. The molecular weight excluding hydrogens is 637 g/mol. The topological polar surface area (TPSA) is 68.6 Å². The summed E-state index contributed by atoms with van der Waals surface area (Å²) >= 11 is 0. The molecule has 2 aromatic heterocycles. The van der Waals surface area contributed by atoms with Gasteiger partial charge in [0.15, 0.2) is 0 Å². The Bertz CT molecular complexity index is 2200. The number of benzene rings is 4. The van der Waals surface area contributed by atoms with Gasteiger partial charge in [-0.25, -0.2) is 19.9 Å². The number of aryl methyl sites for hydroxylation is 4. The van der Waals surface area contributed by atoms with Crippen molar-refractivity contribution in [2.75, 3.05) is 0 Å². The van der Waals surface area contributed by atoms with Gasteiger partial charge in [0.2, 0.25) is 5.78 Å². The fraction of sp³-hybridized carbons (Fsp3) is 0.383. The van der Waals surface area contributed by atoms with Gasteiger partial charge in [-0.15, -0.1) is 0 Å². The second-order valence-corrected chi connectivity index (χ2v) is 14.8. The summed E-state index contributed by atoms with van der Waals surface area (Å²) in [7, 11) is 0. The Morgan fingerprint density at radius 1 is 0.423 bits per heavy atom. The van der Waals surface area contributed by atoms with Gasteiger partial charge in [0.1, 0.15) is 11.4 Å². The Labute approximate surface area is 309 Å². The zero-order valence-corrected chi connectivity index (χ0v) is 31.5. The fourth-order valence-corrected chi connectivity index (χ4v) is 7.78. The number of ketones is 1. The van der Waals surface area contributed by atoms with Crippen molar-refractivity contribution in [2.24, 2.45) is 0 Å². The number of hydrogen-bond donors (Lipinski definition) is 0. The van der Waals surface area contributed by atoms with Crippen molar-refractivity contribution < 1.29 is 4.79 Å². The molecule has 0 unspecified atom stereocenters. The van der Waals surface area contributed by atoms with Gasteiger partial charge in [-0.1, -0.05) is 151 Å². The summed E-state index contributed by atoms with van der Waals surface area (Å²) < 4.78 is 0. The first kappa shape index (κ1) is 35.6. The lowest BCUT2D eigenvalue weighted by molar-refractivity contribution is 0.103. The molecule has 0 saturated heterocycles. The normalized spacial score (nSPS) is 12.2. The van der Waals surface area contributed by atoms with Crippen molar-refractivity contribution >= 4 is 27.9 Å². The number of nitrogens with zero attached hydrogens (tertiary/aromatic N) is 4. The molecule has 0 atom stereocenters. The van der Waals surface area contributed by atoms with Crippen LogP contribution in [0.5, 0.6) is 0 Å². The van der Waals surface area contributed by atoms with Crippen LogP contribution in [-0.2, 0) is 12.8 Å². The number of unbranched alkanes of at least 4 members (excludes halogenated alkanes) is 10. The predicted molar refractivity (Wildman–Crippen MR) is 216 cm³/mol. The van der Waals surface area contributed by atoms with Gasteiger partial charge in [0.05, 0.1) is 33.5 Å². The smallest absolute Gasteiger partial charge is 0.214 e. The molecule has 0 fully saturated rings. The second kappa shape index (κ2) is 16.3. The van der Waals surface area contributed by atoms with Gasteiger partial charge >= 0.3 is 0 Å². The molecule has 0 aliphatic heterocycles. The highest BCUT2D eigenvalue weighted by molar-refractivity contribution is 6.21. The Hall–Kier alpha value is -4.77.